The molecule has 0 unspecified atom stereocenters. The molecule has 1 saturated heterocycles. The molecule has 2 aliphatic rings. The van der Waals surface area contributed by atoms with E-state index in [1.165, 1.54) is 12.8 Å². The predicted molar refractivity (Wildman–Crippen MR) is 79.6 cm³/mol. The fraction of sp³-hybridized carbons (Fsp3) is 0.667. The zero-order valence-corrected chi connectivity index (χ0v) is 13.2. The Morgan fingerprint density at radius 2 is 2.05 bits per heavy atom. The molecule has 1 aliphatic carbocycles. The lowest BCUT2D eigenvalue weighted by molar-refractivity contribution is 0.0357. The van der Waals surface area contributed by atoms with Gasteiger partial charge in [-0.1, -0.05) is 0 Å². The first-order valence-corrected chi connectivity index (χ1v) is 7.66. The molecule has 0 radical (unpaired) electrons. The number of aromatic nitrogens is 2. The number of carbonyl (C=O) groups excluding carboxylic acids is 2. The summed E-state index contributed by atoms with van der Waals surface area (Å²) < 4.78 is 5.19. The van der Waals surface area contributed by atoms with Gasteiger partial charge in [0, 0.05) is 24.7 Å². The first-order chi connectivity index (χ1) is 10.3. The van der Waals surface area contributed by atoms with Gasteiger partial charge in [0.2, 0.25) is 0 Å². The number of ether oxygens (including phenoxy) is 1. The number of nitrogens with one attached hydrogen (secondary N) is 2. The van der Waals surface area contributed by atoms with Gasteiger partial charge in [-0.3, -0.25) is 9.89 Å². The van der Waals surface area contributed by atoms with E-state index in [0.717, 1.165) is 5.69 Å². The number of H-pyrrole nitrogens is 1. The second-order valence-electron chi connectivity index (χ2n) is 7.04. The van der Waals surface area contributed by atoms with E-state index in [1.807, 2.05) is 26.8 Å². The number of hydrogen-bond acceptors (Lipinski definition) is 4. The van der Waals surface area contributed by atoms with Gasteiger partial charge in [-0.05, 0) is 39.7 Å². The maximum atomic E-state index is 12.2. The minimum Gasteiger partial charge on any atom is -0.444 e. The van der Waals surface area contributed by atoms with E-state index in [0.29, 0.717) is 24.7 Å². The van der Waals surface area contributed by atoms with Crippen LogP contribution in [0.4, 0.5) is 4.79 Å². The van der Waals surface area contributed by atoms with Gasteiger partial charge in [-0.25, -0.2) is 4.79 Å². The Balaban J connectivity index is 1.46. The van der Waals surface area contributed by atoms with Gasteiger partial charge in [0.25, 0.3) is 5.91 Å². The van der Waals surface area contributed by atoms with E-state index in [9.17, 15) is 9.59 Å². The molecule has 1 aliphatic heterocycles. The largest absolute Gasteiger partial charge is 0.444 e. The van der Waals surface area contributed by atoms with Crippen LogP contribution in [-0.4, -0.2) is 51.8 Å². The number of likely N-dealkylation sites (tertiary alicyclic amines) is 1. The third-order valence-electron chi connectivity index (χ3n) is 3.72. The molecule has 2 N–H and O–H groups in total. The quantitative estimate of drug-likeness (QED) is 0.888. The summed E-state index contributed by atoms with van der Waals surface area (Å²) in [6, 6.07) is 1.79. The van der Waals surface area contributed by atoms with Crippen LogP contribution in [0.1, 0.15) is 55.7 Å². The lowest BCUT2D eigenvalue weighted by atomic mass is 10.1. The van der Waals surface area contributed by atoms with Crippen molar-refractivity contribution in [3.63, 3.8) is 0 Å². The summed E-state index contributed by atoms with van der Waals surface area (Å²) in [5.41, 5.74) is 0.988. The molecule has 3 rings (SSSR count). The molecule has 22 heavy (non-hydrogen) atoms. The van der Waals surface area contributed by atoms with Crippen LogP contribution < -0.4 is 5.32 Å². The van der Waals surface area contributed by atoms with Crippen molar-refractivity contribution in [2.24, 2.45) is 0 Å². The van der Waals surface area contributed by atoms with Crippen molar-refractivity contribution in [1.82, 2.24) is 20.4 Å². The fourth-order valence-corrected chi connectivity index (χ4v) is 2.42. The summed E-state index contributed by atoms with van der Waals surface area (Å²) in [5.74, 6) is 0.456. The first-order valence-electron chi connectivity index (χ1n) is 7.66. The van der Waals surface area contributed by atoms with E-state index in [2.05, 4.69) is 15.5 Å². The summed E-state index contributed by atoms with van der Waals surface area (Å²) in [7, 11) is 0. The van der Waals surface area contributed by atoms with Crippen molar-refractivity contribution in [1.29, 1.82) is 0 Å². The van der Waals surface area contributed by atoms with E-state index < -0.39 is 11.7 Å². The van der Waals surface area contributed by atoms with Crippen molar-refractivity contribution in [2.45, 2.75) is 51.2 Å². The lowest BCUT2D eigenvalue weighted by Gasteiger charge is -2.39. The third kappa shape index (κ3) is 3.40. The minimum atomic E-state index is -0.516. The number of rotatable bonds is 3. The predicted octanol–water partition coefficient (Wildman–Crippen LogP) is 1.64. The molecule has 2 fully saturated rings. The van der Waals surface area contributed by atoms with Crippen LogP contribution in [0, 0.1) is 0 Å². The summed E-state index contributed by atoms with van der Waals surface area (Å²) in [5, 5.41) is 9.78. The molecule has 0 aromatic carbocycles. The van der Waals surface area contributed by atoms with Gasteiger partial charge in [0.1, 0.15) is 11.3 Å². The second-order valence-corrected chi connectivity index (χ2v) is 7.04. The normalized spacial score (nSPS) is 18.8. The highest BCUT2D eigenvalue weighted by molar-refractivity contribution is 5.93. The number of alkyl carbamates (subject to hydrolysis) is 1. The van der Waals surface area contributed by atoms with Gasteiger partial charge in [0.05, 0.1) is 6.04 Å². The first kappa shape index (κ1) is 14.9. The molecule has 1 aromatic heterocycles. The SMILES string of the molecule is CC(C)(C)OC(=O)NC1CN(C(=O)c2cc(C3CC3)[nH]n2)C1. The van der Waals surface area contributed by atoms with Crippen LogP contribution in [0.15, 0.2) is 6.07 Å². The highest BCUT2D eigenvalue weighted by atomic mass is 16.6. The Morgan fingerprint density at radius 3 is 2.64 bits per heavy atom. The van der Waals surface area contributed by atoms with Crippen LogP contribution in [0.5, 0.6) is 0 Å². The standard InChI is InChI=1S/C15H22N4O3/c1-15(2,3)22-14(21)16-10-7-19(8-10)13(20)12-6-11(17-18-12)9-4-5-9/h6,9-10H,4-5,7-8H2,1-3H3,(H,16,21)(H,17,18). The molecular weight excluding hydrogens is 284 g/mol. The second kappa shape index (κ2) is 5.30. The lowest BCUT2D eigenvalue weighted by Crippen LogP contribution is -2.61. The summed E-state index contributed by atoms with van der Waals surface area (Å²) in [6.45, 7) is 6.43. The van der Waals surface area contributed by atoms with Crippen LogP contribution in [0.3, 0.4) is 0 Å². The van der Waals surface area contributed by atoms with Gasteiger partial charge in [-0.2, -0.15) is 5.10 Å². The fourth-order valence-electron chi connectivity index (χ4n) is 2.42. The van der Waals surface area contributed by atoms with Crippen molar-refractivity contribution in [2.75, 3.05) is 13.1 Å². The van der Waals surface area contributed by atoms with E-state index >= 15 is 0 Å². The van der Waals surface area contributed by atoms with Gasteiger partial charge in [-0.15, -0.1) is 0 Å². The Kier molecular flexibility index (Phi) is 3.58. The summed E-state index contributed by atoms with van der Waals surface area (Å²) >= 11 is 0. The molecule has 7 heteroatoms. The maximum absolute atomic E-state index is 12.2. The summed E-state index contributed by atoms with van der Waals surface area (Å²) in [4.78, 5) is 25.6. The number of hydrogen-bond donors (Lipinski definition) is 2. The molecule has 1 saturated carbocycles. The highest BCUT2D eigenvalue weighted by Crippen LogP contribution is 2.39. The zero-order chi connectivity index (χ0) is 15.9. The van der Waals surface area contributed by atoms with Gasteiger partial charge >= 0.3 is 6.09 Å². The maximum Gasteiger partial charge on any atom is 0.407 e. The van der Waals surface area contributed by atoms with Crippen LogP contribution in [0.25, 0.3) is 0 Å². The smallest absolute Gasteiger partial charge is 0.407 e. The molecule has 120 valence electrons. The number of carbonyl (C=O) groups is 2. The molecule has 0 atom stereocenters. The Hall–Kier alpha value is -2.05. The average molecular weight is 306 g/mol. The monoisotopic (exact) mass is 306 g/mol. The number of nitrogens with zero attached hydrogens (tertiary/aromatic N) is 2. The van der Waals surface area contributed by atoms with Crippen molar-refractivity contribution < 1.29 is 14.3 Å². The molecule has 2 amide bonds. The molecule has 0 bridgehead atoms. The Morgan fingerprint density at radius 1 is 1.36 bits per heavy atom. The van der Waals surface area contributed by atoms with Gasteiger partial charge < -0.3 is 15.0 Å². The Labute approximate surface area is 129 Å². The molecule has 1 aromatic rings. The van der Waals surface area contributed by atoms with Crippen LogP contribution >= 0.6 is 0 Å². The minimum absolute atomic E-state index is 0.0550. The molecule has 0 spiro atoms. The van der Waals surface area contributed by atoms with E-state index in [1.54, 1.807) is 4.90 Å². The Bertz CT molecular complexity index is 580. The number of amides is 2. The van der Waals surface area contributed by atoms with Gasteiger partial charge in [0.15, 0.2) is 0 Å². The van der Waals surface area contributed by atoms with E-state index in [-0.39, 0.29) is 11.9 Å². The molecular formula is C15H22N4O3. The summed E-state index contributed by atoms with van der Waals surface area (Å²) in [6.07, 6.45) is 1.89. The third-order valence-corrected chi connectivity index (χ3v) is 3.72. The van der Waals surface area contributed by atoms with Crippen molar-refractivity contribution in [3.8, 4) is 0 Å². The topological polar surface area (TPSA) is 87.3 Å². The molecule has 7 nitrogen and oxygen atoms in total. The average Bonchev–Trinajstić information content (AvgIpc) is 3.08. The zero-order valence-electron chi connectivity index (χ0n) is 13.2. The highest BCUT2D eigenvalue weighted by Gasteiger charge is 2.35. The van der Waals surface area contributed by atoms with E-state index in [4.69, 9.17) is 4.74 Å². The number of aromatic amines is 1. The van der Waals surface area contributed by atoms with Crippen molar-refractivity contribution in [3.05, 3.63) is 17.5 Å². The molecule has 2 heterocycles. The van der Waals surface area contributed by atoms with Crippen LogP contribution in [-0.2, 0) is 4.74 Å². The van der Waals surface area contributed by atoms with Crippen molar-refractivity contribution >= 4 is 12.0 Å². The van der Waals surface area contributed by atoms with Crippen LogP contribution in [0.2, 0.25) is 0 Å².